The highest BCUT2D eigenvalue weighted by molar-refractivity contribution is 7.86. The second-order valence-electron chi connectivity index (χ2n) is 6.73. The van der Waals surface area contributed by atoms with E-state index >= 15 is 0 Å². The number of ether oxygens (including phenoxy) is 1. The number of primary amides is 1. The summed E-state index contributed by atoms with van der Waals surface area (Å²) in [6.45, 7) is 6.50. The van der Waals surface area contributed by atoms with Crippen molar-refractivity contribution in [2.75, 3.05) is 7.11 Å². The summed E-state index contributed by atoms with van der Waals surface area (Å²) in [5.41, 5.74) is 4.42. The van der Waals surface area contributed by atoms with Gasteiger partial charge in [0.1, 0.15) is 0 Å². The summed E-state index contributed by atoms with van der Waals surface area (Å²) >= 11 is 0. The van der Waals surface area contributed by atoms with Crippen molar-refractivity contribution in [1.82, 2.24) is 0 Å². The molecule has 0 saturated carbocycles. The molecule has 3 N–H and O–H groups in total. The van der Waals surface area contributed by atoms with Gasteiger partial charge in [0.25, 0.3) is 16.0 Å². The lowest BCUT2D eigenvalue weighted by Gasteiger charge is -2.25. The van der Waals surface area contributed by atoms with E-state index in [0.717, 1.165) is 7.11 Å². The summed E-state index contributed by atoms with van der Waals surface area (Å²) in [7, 11) is -3.25. The SMILES string of the molecule is COc1c(C(N)=O)cc(C(C)(C)C)c(CC(C)S(=O)(=O)O)c1[N+](=O)[O-]. The number of rotatable bonds is 6. The number of nitro benzene ring substituents is 1. The monoisotopic (exact) mass is 374 g/mol. The smallest absolute Gasteiger partial charge is 0.315 e. The van der Waals surface area contributed by atoms with Crippen LogP contribution in [0, 0.1) is 10.1 Å². The van der Waals surface area contributed by atoms with E-state index in [0.29, 0.717) is 5.56 Å². The first-order chi connectivity index (χ1) is 11.2. The van der Waals surface area contributed by atoms with E-state index in [-0.39, 0.29) is 23.3 Å². The third-order valence-electron chi connectivity index (χ3n) is 3.82. The minimum atomic E-state index is -4.41. The molecule has 0 aromatic heterocycles. The van der Waals surface area contributed by atoms with Crippen molar-refractivity contribution in [2.45, 2.75) is 44.8 Å². The van der Waals surface area contributed by atoms with Gasteiger partial charge in [-0.05, 0) is 30.4 Å². The Bertz CT molecular complexity index is 810. The van der Waals surface area contributed by atoms with Crippen LogP contribution in [0.4, 0.5) is 5.69 Å². The molecule has 1 aromatic carbocycles. The van der Waals surface area contributed by atoms with Gasteiger partial charge >= 0.3 is 5.69 Å². The molecule has 10 heteroatoms. The second kappa shape index (κ2) is 6.96. The molecule has 1 aromatic rings. The number of nitro groups is 1. The number of carbonyl (C=O) groups excluding carboxylic acids is 1. The molecule has 1 unspecified atom stereocenters. The summed E-state index contributed by atoms with van der Waals surface area (Å²) in [6.07, 6.45) is -0.322. The highest BCUT2D eigenvalue weighted by Crippen LogP contribution is 2.42. The number of carbonyl (C=O) groups is 1. The van der Waals surface area contributed by atoms with Crippen molar-refractivity contribution in [3.63, 3.8) is 0 Å². The zero-order valence-corrected chi connectivity index (χ0v) is 15.5. The molecule has 1 amide bonds. The molecule has 0 aliphatic heterocycles. The number of methoxy groups -OCH3 is 1. The quantitative estimate of drug-likeness (QED) is 0.438. The third kappa shape index (κ3) is 4.45. The summed E-state index contributed by atoms with van der Waals surface area (Å²) < 4.78 is 37.0. The maximum Gasteiger partial charge on any atom is 0.315 e. The van der Waals surface area contributed by atoms with E-state index in [4.69, 9.17) is 10.5 Å². The van der Waals surface area contributed by atoms with E-state index in [2.05, 4.69) is 0 Å². The highest BCUT2D eigenvalue weighted by atomic mass is 32.2. The molecule has 140 valence electrons. The Labute approximate surface area is 146 Å². The van der Waals surface area contributed by atoms with Crippen LogP contribution < -0.4 is 10.5 Å². The zero-order chi connectivity index (χ0) is 19.7. The van der Waals surface area contributed by atoms with Crippen molar-refractivity contribution in [2.24, 2.45) is 5.73 Å². The van der Waals surface area contributed by atoms with Crippen LogP contribution in [-0.4, -0.2) is 36.2 Å². The van der Waals surface area contributed by atoms with Crippen molar-refractivity contribution >= 4 is 21.7 Å². The number of nitrogens with two attached hydrogens (primary N) is 1. The first kappa shape index (κ1) is 20.8. The summed E-state index contributed by atoms with van der Waals surface area (Å²) in [5.74, 6) is -1.23. The van der Waals surface area contributed by atoms with Crippen LogP contribution in [0.15, 0.2) is 6.07 Å². The Kier molecular flexibility index (Phi) is 5.81. The van der Waals surface area contributed by atoms with Gasteiger partial charge in [-0.3, -0.25) is 19.5 Å². The van der Waals surface area contributed by atoms with Gasteiger partial charge in [-0.15, -0.1) is 0 Å². The summed E-state index contributed by atoms with van der Waals surface area (Å²) in [5, 5.41) is 10.4. The predicted octanol–water partition coefficient (Wildman–Crippen LogP) is 1.82. The molecular formula is C15H22N2O7S. The number of hydrogen-bond acceptors (Lipinski definition) is 6. The molecule has 0 aliphatic carbocycles. The molecule has 0 fully saturated rings. The molecule has 0 radical (unpaired) electrons. The molecule has 9 nitrogen and oxygen atoms in total. The summed E-state index contributed by atoms with van der Waals surface area (Å²) in [6, 6.07) is 1.38. The maximum atomic E-state index is 11.7. The molecular weight excluding hydrogens is 352 g/mol. The van der Waals surface area contributed by atoms with Gasteiger partial charge in [-0.1, -0.05) is 20.8 Å². The lowest BCUT2D eigenvalue weighted by Crippen LogP contribution is -2.25. The van der Waals surface area contributed by atoms with Crippen molar-refractivity contribution in [1.29, 1.82) is 0 Å². The van der Waals surface area contributed by atoms with E-state index in [1.54, 1.807) is 20.8 Å². The van der Waals surface area contributed by atoms with Gasteiger partial charge in [-0.25, -0.2) is 0 Å². The normalized spacial score (nSPS) is 13.4. The van der Waals surface area contributed by atoms with Crippen molar-refractivity contribution in [3.05, 3.63) is 32.9 Å². The van der Waals surface area contributed by atoms with E-state index < -0.39 is 37.3 Å². The van der Waals surface area contributed by atoms with E-state index in [1.165, 1.54) is 13.0 Å². The first-order valence-electron chi connectivity index (χ1n) is 7.36. The number of nitrogens with zero attached hydrogens (tertiary/aromatic N) is 1. The van der Waals surface area contributed by atoms with E-state index in [1.807, 2.05) is 0 Å². The van der Waals surface area contributed by atoms with Gasteiger partial charge in [0.15, 0.2) is 0 Å². The van der Waals surface area contributed by atoms with Crippen molar-refractivity contribution in [3.8, 4) is 5.75 Å². The van der Waals surface area contributed by atoms with Gasteiger partial charge in [-0.2, -0.15) is 8.42 Å². The number of amides is 1. The molecule has 0 bridgehead atoms. The molecule has 25 heavy (non-hydrogen) atoms. The van der Waals surface area contributed by atoms with Gasteiger partial charge in [0.2, 0.25) is 5.75 Å². The Morgan fingerprint density at radius 3 is 2.28 bits per heavy atom. The van der Waals surface area contributed by atoms with Gasteiger partial charge in [0, 0.05) is 5.56 Å². The third-order valence-corrected chi connectivity index (χ3v) is 5.00. The average molecular weight is 374 g/mol. The molecule has 0 aliphatic rings. The standard InChI is InChI=1S/C15H22N2O7S/c1-8(25(21,22)23)6-9-11(15(2,3)4)7-10(14(16)18)13(24-5)12(9)17(19)20/h7-8H,6H2,1-5H3,(H2,16,18)(H,21,22,23). The van der Waals surface area contributed by atoms with Crippen LogP contribution in [0.2, 0.25) is 0 Å². The van der Waals surface area contributed by atoms with Crippen LogP contribution in [-0.2, 0) is 22.0 Å². The molecule has 0 saturated heterocycles. The average Bonchev–Trinajstić information content (AvgIpc) is 2.43. The maximum absolute atomic E-state index is 11.7. The largest absolute Gasteiger partial charge is 0.490 e. The highest BCUT2D eigenvalue weighted by Gasteiger charge is 2.35. The van der Waals surface area contributed by atoms with Gasteiger partial charge in [0.05, 0.1) is 22.8 Å². The number of benzene rings is 1. The Balaban J connectivity index is 3.94. The Morgan fingerprint density at radius 2 is 1.96 bits per heavy atom. The minimum absolute atomic E-state index is 0.0736. The molecule has 1 atom stereocenters. The van der Waals surface area contributed by atoms with Crippen LogP contribution in [0.5, 0.6) is 5.75 Å². The first-order valence-corrected chi connectivity index (χ1v) is 8.87. The van der Waals surface area contributed by atoms with Crippen LogP contribution in [0.3, 0.4) is 0 Å². The Hall–Kier alpha value is -2.20. The fraction of sp³-hybridized carbons (Fsp3) is 0.533. The lowest BCUT2D eigenvalue weighted by atomic mass is 9.80. The molecule has 1 rings (SSSR count). The topological polar surface area (TPSA) is 150 Å². The van der Waals surface area contributed by atoms with Crippen molar-refractivity contribution < 1.29 is 27.4 Å². The van der Waals surface area contributed by atoms with Gasteiger partial charge < -0.3 is 10.5 Å². The fourth-order valence-electron chi connectivity index (χ4n) is 2.54. The van der Waals surface area contributed by atoms with Crippen LogP contribution >= 0.6 is 0 Å². The van der Waals surface area contributed by atoms with Crippen LogP contribution in [0.1, 0.15) is 49.2 Å². The fourth-order valence-corrected chi connectivity index (χ4v) is 2.92. The van der Waals surface area contributed by atoms with E-state index in [9.17, 15) is 27.9 Å². The summed E-state index contributed by atoms with van der Waals surface area (Å²) in [4.78, 5) is 22.6. The lowest BCUT2D eigenvalue weighted by molar-refractivity contribution is -0.386. The zero-order valence-electron chi connectivity index (χ0n) is 14.7. The van der Waals surface area contributed by atoms with Crippen LogP contribution in [0.25, 0.3) is 0 Å². The molecule has 0 spiro atoms. The Morgan fingerprint density at radius 1 is 1.44 bits per heavy atom. The predicted molar refractivity (Wildman–Crippen MR) is 91.6 cm³/mol. The molecule has 0 heterocycles. The number of hydrogen-bond donors (Lipinski definition) is 2. The minimum Gasteiger partial charge on any atom is -0.490 e. The second-order valence-corrected chi connectivity index (χ2v) is 8.57.